The fourth-order valence-corrected chi connectivity index (χ4v) is 2.27. The monoisotopic (exact) mass is 498 g/mol. The van der Waals surface area contributed by atoms with Crippen molar-refractivity contribution >= 4 is 23.0 Å². The molecule has 34 heavy (non-hydrogen) atoms. The Morgan fingerprint density at radius 1 is 1.06 bits per heavy atom. The van der Waals surface area contributed by atoms with E-state index in [0.717, 1.165) is 47.8 Å². The average molecular weight is 498 g/mol. The molecule has 3 aromatic rings. The molecule has 0 saturated heterocycles. The van der Waals surface area contributed by atoms with E-state index in [2.05, 4.69) is 27.1 Å². The zero-order valence-corrected chi connectivity index (χ0v) is 17.7. The van der Waals surface area contributed by atoms with Crippen LogP contribution in [0, 0.1) is 6.92 Å². The lowest BCUT2D eigenvalue weighted by molar-refractivity contribution is -0.193. The fraction of sp³-hybridized carbons (Fsp3) is 0.368. The van der Waals surface area contributed by atoms with E-state index < -0.39 is 24.3 Å². The molecule has 2 aromatic heterocycles. The third-order valence-corrected chi connectivity index (χ3v) is 3.76. The van der Waals surface area contributed by atoms with Gasteiger partial charge in [-0.1, -0.05) is 17.3 Å². The van der Waals surface area contributed by atoms with Gasteiger partial charge in [-0.25, -0.2) is 14.6 Å². The summed E-state index contributed by atoms with van der Waals surface area (Å²) >= 11 is 0. The van der Waals surface area contributed by atoms with Crippen LogP contribution in [0.15, 0.2) is 34.9 Å². The Morgan fingerprint density at radius 3 is 2.03 bits per heavy atom. The second kappa shape index (κ2) is 12.0. The Labute approximate surface area is 188 Å². The topological polar surface area (TPSA) is 133 Å². The maximum absolute atomic E-state index is 10.6. The zero-order chi connectivity index (χ0) is 26.1. The van der Waals surface area contributed by atoms with E-state index >= 15 is 0 Å². The second-order valence-corrected chi connectivity index (χ2v) is 6.72. The first-order valence-corrected chi connectivity index (χ1v) is 9.24. The van der Waals surface area contributed by atoms with Crippen molar-refractivity contribution in [3.63, 3.8) is 0 Å². The van der Waals surface area contributed by atoms with Crippen molar-refractivity contribution in [2.24, 2.45) is 0 Å². The van der Waals surface area contributed by atoms with Gasteiger partial charge in [0.05, 0.1) is 16.7 Å². The van der Waals surface area contributed by atoms with E-state index in [1.807, 2.05) is 37.3 Å². The number of likely N-dealkylation sites (N-methyl/N-ethyl adjacent to an activating group) is 1. The summed E-state index contributed by atoms with van der Waals surface area (Å²) in [6, 6.07) is 10.1. The second-order valence-electron chi connectivity index (χ2n) is 6.72. The number of H-pyrrole nitrogens is 1. The number of halogens is 6. The Balaban J connectivity index is 0.000000343. The molecule has 0 radical (unpaired) electrons. The van der Waals surface area contributed by atoms with E-state index in [-0.39, 0.29) is 0 Å². The van der Waals surface area contributed by atoms with Crippen LogP contribution in [-0.2, 0) is 22.6 Å². The average Bonchev–Trinajstić information content (AvgIpc) is 3.31. The first-order chi connectivity index (χ1) is 15.6. The van der Waals surface area contributed by atoms with Gasteiger partial charge < -0.3 is 19.7 Å². The molecule has 3 rings (SSSR count). The highest BCUT2D eigenvalue weighted by Gasteiger charge is 2.38. The molecular weight excluding hydrogens is 478 g/mol. The van der Waals surface area contributed by atoms with Crippen LogP contribution in [0.4, 0.5) is 26.3 Å². The Bertz CT molecular complexity index is 1020. The lowest BCUT2D eigenvalue weighted by Gasteiger charge is -2.13. The van der Waals surface area contributed by atoms with Crippen molar-refractivity contribution in [3.05, 3.63) is 47.6 Å². The standard InChI is InChI=1S/C15H18N4O.2C2HF3O2/c1-11-9-12(18-20-11)10-19(2)8-7-15-16-13-5-3-4-6-14(13)17-15;2*3-2(4,5)1(6)7/h3-6,9H,7-8,10H2,1-2H3,(H,16,17);2*(H,6,7). The number of carboxylic acid groups (broad SMARTS) is 2. The van der Waals surface area contributed by atoms with Gasteiger partial charge in [0.15, 0.2) is 0 Å². The molecule has 0 unspecified atom stereocenters. The smallest absolute Gasteiger partial charge is 0.475 e. The molecule has 9 nitrogen and oxygen atoms in total. The van der Waals surface area contributed by atoms with Crippen LogP contribution in [0.1, 0.15) is 17.3 Å². The predicted octanol–water partition coefficient (Wildman–Crippen LogP) is 3.80. The van der Waals surface area contributed by atoms with Crippen molar-refractivity contribution in [1.82, 2.24) is 20.0 Å². The number of hydrogen-bond acceptors (Lipinski definition) is 6. The highest BCUT2D eigenvalue weighted by molar-refractivity contribution is 5.74. The molecule has 1 aromatic carbocycles. The molecule has 188 valence electrons. The van der Waals surface area contributed by atoms with Gasteiger partial charge in [-0.3, -0.25) is 4.90 Å². The number of carboxylic acids is 2. The van der Waals surface area contributed by atoms with Crippen LogP contribution in [0.5, 0.6) is 0 Å². The minimum Gasteiger partial charge on any atom is -0.475 e. The number of benzene rings is 1. The number of para-hydroxylation sites is 2. The number of nitrogens with zero attached hydrogens (tertiary/aromatic N) is 3. The van der Waals surface area contributed by atoms with Crippen LogP contribution in [-0.4, -0.2) is 68.1 Å². The van der Waals surface area contributed by atoms with Crippen molar-refractivity contribution in [1.29, 1.82) is 0 Å². The maximum Gasteiger partial charge on any atom is 0.490 e. The van der Waals surface area contributed by atoms with Gasteiger partial charge in [-0.05, 0) is 26.1 Å². The number of aliphatic carboxylic acids is 2. The molecule has 0 aliphatic carbocycles. The van der Waals surface area contributed by atoms with Gasteiger partial charge in [0, 0.05) is 25.6 Å². The third-order valence-electron chi connectivity index (χ3n) is 3.76. The summed E-state index contributed by atoms with van der Waals surface area (Å²) in [7, 11) is 2.08. The largest absolute Gasteiger partial charge is 0.490 e. The summed E-state index contributed by atoms with van der Waals surface area (Å²) in [5, 5.41) is 18.3. The Morgan fingerprint density at radius 2 is 1.59 bits per heavy atom. The maximum atomic E-state index is 10.6. The highest BCUT2D eigenvalue weighted by atomic mass is 19.4. The van der Waals surface area contributed by atoms with Crippen molar-refractivity contribution in [2.45, 2.75) is 32.2 Å². The molecule has 2 heterocycles. The predicted molar refractivity (Wildman–Crippen MR) is 105 cm³/mol. The summed E-state index contributed by atoms with van der Waals surface area (Å²) < 4.78 is 68.5. The van der Waals surface area contributed by atoms with Gasteiger partial charge in [0.25, 0.3) is 0 Å². The lowest BCUT2D eigenvalue weighted by Crippen LogP contribution is -2.21. The van der Waals surface area contributed by atoms with E-state index in [4.69, 9.17) is 24.3 Å². The van der Waals surface area contributed by atoms with Crippen molar-refractivity contribution in [3.8, 4) is 0 Å². The van der Waals surface area contributed by atoms with E-state index in [1.165, 1.54) is 0 Å². The van der Waals surface area contributed by atoms with Gasteiger partial charge in [0.1, 0.15) is 11.6 Å². The molecule has 3 N–H and O–H groups in total. The fourth-order valence-electron chi connectivity index (χ4n) is 2.27. The Hall–Kier alpha value is -3.62. The number of carbonyl (C=O) groups is 2. The number of rotatable bonds is 5. The summed E-state index contributed by atoms with van der Waals surface area (Å²) in [5.41, 5.74) is 3.09. The summed E-state index contributed by atoms with van der Waals surface area (Å²) in [6.45, 7) is 3.62. The quantitative estimate of drug-likeness (QED) is 0.453. The Kier molecular flexibility index (Phi) is 10.0. The van der Waals surface area contributed by atoms with Crippen LogP contribution in [0.25, 0.3) is 11.0 Å². The first kappa shape index (κ1) is 28.4. The van der Waals surface area contributed by atoms with E-state index in [0.29, 0.717) is 0 Å². The molecule has 0 amide bonds. The molecule has 0 saturated carbocycles. The van der Waals surface area contributed by atoms with Crippen LogP contribution >= 0.6 is 0 Å². The lowest BCUT2D eigenvalue weighted by atomic mass is 10.3. The first-order valence-electron chi connectivity index (χ1n) is 9.24. The van der Waals surface area contributed by atoms with E-state index in [1.54, 1.807) is 0 Å². The number of alkyl halides is 6. The molecule has 0 aliphatic rings. The molecule has 0 bridgehead atoms. The summed E-state index contributed by atoms with van der Waals surface area (Å²) in [5.74, 6) is -3.64. The number of imidazole rings is 1. The van der Waals surface area contributed by atoms with Gasteiger partial charge in [-0.15, -0.1) is 0 Å². The number of hydrogen-bond donors (Lipinski definition) is 3. The molecule has 0 aliphatic heterocycles. The summed E-state index contributed by atoms with van der Waals surface area (Å²) in [4.78, 5) is 27.9. The SMILES string of the molecule is Cc1cc(CN(C)CCc2nc3ccccc3[nH]2)no1.O=C(O)C(F)(F)F.O=C(O)C(F)(F)F. The molecule has 0 fully saturated rings. The minimum absolute atomic E-state index is 0.789. The minimum atomic E-state index is -5.08. The number of aromatic amines is 1. The number of nitrogens with one attached hydrogen (secondary N) is 1. The number of fused-ring (bicyclic) bond motifs is 1. The molecule has 15 heteroatoms. The van der Waals surface area contributed by atoms with Crippen molar-refractivity contribution in [2.75, 3.05) is 13.6 Å². The zero-order valence-electron chi connectivity index (χ0n) is 17.7. The molecule has 0 atom stereocenters. The van der Waals surface area contributed by atoms with Gasteiger partial charge >= 0.3 is 24.3 Å². The molecular formula is C19H20F6N4O5. The molecule has 0 spiro atoms. The number of aromatic nitrogens is 3. The van der Waals surface area contributed by atoms with Gasteiger partial charge in [0.2, 0.25) is 0 Å². The number of aryl methyl sites for hydroxylation is 1. The van der Waals surface area contributed by atoms with Crippen LogP contribution in [0.3, 0.4) is 0 Å². The van der Waals surface area contributed by atoms with Crippen LogP contribution in [0.2, 0.25) is 0 Å². The summed E-state index contributed by atoms with van der Waals surface area (Å²) in [6.07, 6.45) is -9.28. The van der Waals surface area contributed by atoms with Crippen LogP contribution < -0.4 is 0 Å². The van der Waals surface area contributed by atoms with Gasteiger partial charge in [-0.2, -0.15) is 26.3 Å². The normalized spacial score (nSPS) is 11.4. The third kappa shape index (κ3) is 10.3. The van der Waals surface area contributed by atoms with Crippen molar-refractivity contribution < 1.29 is 50.7 Å². The highest BCUT2D eigenvalue weighted by Crippen LogP contribution is 2.14. The van der Waals surface area contributed by atoms with E-state index in [9.17, 15) is 26.3 Å².